The Labute approximate surface area is 173 Å². The normalized spacial score (nSPS) is 23.0. The van der Waals surface area contributed by atoms with E-state index in [0.717, 1.165) is 52.0 Å². The molecule has 0 atom stereocenters. The molecule has 7 nitrogen and oxygen atoms in total. The smallest absolute Gasteiger partial charge is 0.228 e. The van der Waals surface area contributed by atoms with Crippen molar-refractivity contribution in [3.63, 3.8) is 0 Å². The van der Waals surface area contributed by atoms with Crippen molar-refractivity contribution in [2.75, 3.05) is 31.6 Å². The van der Waals surface area contributed by atoms with E-state index in [1.807, 2.05) is 0 Å². The molecule has 3 heterocycles. The number of morpholine rings is 1. The van der Waals surface area contributed by atoms with Gasteiger partial charge in [-0.25, -0.2) is 13.8 Å². The molecule has 30 heavy (non-hydrogen) atoms. The van der Waals surface area contributed by atoms with Crippen molar-refractivity contribution < 1.29 is 13.5 Å². The van der Waals surface area contributed by atoms with Crippen LogP contribution in [0.1, 0.15) is 25.7 Å². The number of hydrogen-bond donors (Lipinski definition) is 1. The second-order valence-corrected chi connectivity index (χ2v) is 7.87. The Morgan fingerprint density at radius 2 is 1.70 bits per heavy atom. The molecule has 1 aromatic carbocycles. The fourth-order valence-electron chi connectivity index (χ4n) is 4.45. The lowest BCUT2D eigenvalue weighted by Crippen LogP contribution is -2.46. The van der Waals surface area contributed by atoms with Gasteiger partial charge in [0.15, 0.2) is 11.5 Å². The van der Waals surface area contributed by atoms with Gasteiger partial charge in [-0.05, 0) is 37.8 Å². The van der Waals surface area contributed by atoms with Crippen LogP contribution in [0.3, 0.4) is 0 Å². The molecule has 0 bridgehead atoms. The third kappa shape index (κ3) is 3.75. The zero-order valence-corrected chi connectivity index (χ0v) is 16.6. The van der Waals surface area contributed by atoms with Gasteiger partial charge < -0.3 is 10.1 Å². The summed E-state index contributed by atoms with van der Waals surface area (Å²) in [6.07, 6.45) is 5.79. The van der Waals surface area contributed by atoms with E-state index in [0.29, 0.717) is 17.6 Å². The summed E-state index contributed by atoms with van der Waals surface area (Å²) < 4.78 is 35.6. The third-order valence-corrected chi connectivity index (χ3v) is 6.03. The molecule has 0 radical (unpaired) electrons. The van der Waals surface area contributed by atoms with E-state index < -0.39 is 11.6 Å². The molecule has 3 aromatic rings. The number of aromatic nitrogens is 4. The van der Waals surface area contributed by atoms with Crippen LogP contribution in [0.2, 0.25) is 0 Å². The fourth-order valence-corrected chi connectivity index (χ4v) is 4.45. The first-order chi connectivity index (χ1) is 14.7. The van der Waals surface area contributed by atoms with Crippen molar-refractivity contribution in [2.45, 2.75) is 37.8 Å². The van der Waals surface area contributed by atoms with Crippen LogP contribution in [-0.2, 0) is 4.74 Å². The van der Waals surface area contributed by atoms with Crippen molar-refractivity contribution >= 4 is 11.6 Å². The van der Waals surface area contributed by atoms with Gasteiger partial charge in [-0.2, -0.15) is 14.6 Å². The van der Waals surface area contributed by atoms with Gasteiger partial charge in [-0.15, -0.1) is 0 Å². The maximum atomic E-state index is 14.3. The average Bonchev–Trinajstić information content (AvgIpc) is 3.24. The molecule has 1 aliphatic carbocycles. The van der Waals surface area contributed by atoms with Gasteiger partial charge >= 0.3 is 0 Å². The molecule has 2 fully saturated rings. The molecule has 2 aromatic heterocycles. The topological polar surface area (TPSA) is 67.6 Å². The van der Waals surface area contributed by atoms with Crippen LogP contribution in [0.4, 0.5) is 14.7 Å². The number of nitrogens with one attached hydrogen (secondary N) is 1. The van der Waals surface area contributed by atoms with Crippen LogP contribution < -0.4 is 5.32 Å². The first kappa shape index (κ1) is 19.3. The average molecular weight is 414 g/mol. The Balaban J connectivity index is 1.36. The zero-order valence-electron chi connectivity index (χ0n) is 16.6. The van der Waals surface area contributed by atoms with Crippen molar-refractivity contribution in [3.8, 4) is 11.4 Å². The van der Waals surface area contributed by atoms with Crippen LogP contribution in [0, 0.1) is 11.6 Å². The number of anilines is 1. The van der Waals surface area contributed by atoms with Crippen LogP contribution >= 0.6 is 0 Å². The van der Waals surface area contributed by atoms with Crippen molar-refractivity contribution in [1.29, 1.82) is 0 Å². The number of nitrogens with zero attached hydrogens (tertiary/aromatic N) is 5. The standard InChI is InChI=1S/C21H24F2N6O/c22-16-2-1-3-17(23)19(16)20-26-18-8-9-24-29(18)21(27-20)25-14-4-6-15(7-5-14)28-10-12-30-13-11-28/h1-3,8-9,14-15H,4-7,10-13H2,(H,25,26,27). The summed E-state index contributed by atoms with van der Waals surface area (Å²) in [6.45, 7) is 3.62. The Morgan fingerprint density at radius 3 is 2.43 bits per heavy atom. The Hall–Kier alpha value is -2.65. The van der Waals surface area contributed by atoms with Crippen molar-refractivity contribution in [3.05, 3.63) is 42.1 Å². The molecule has 9 heteroatoms. The summed E-state index contributed by atoms with van der Waals surface area (Å²) >= 11 is 0. The summed E-state index contributed by atoms with van der Waals surface area (Å²) in [5, 5.41) is 7.72. The van der Waals surface area contributed by atoms with E-state index in [2.05, 4.69) is 25.3 Å². The molecule has 1 saturated heterocycles. The van der Waals surface area contributed by atoms with Gasteiger partial charge in [0.1, 0.15) is 11.6 Å². The molecule has 1 aliphatic heterocycles. The molecule has 0 unspecified atom stereocenters. The lowest BCUT2D eigenvalue weighted by atomic mass is 9.90. The molecule has 5 rings (SSSR count). The number of ether oxygens (including phenoxy) is 1. The number of benzene rings is 1. The predicted octanol–water partition coefficient (Wildman–Crippen LogP) is 3.12. The maximum Gasteiger partial charge on any atom is 0.228 e. The van der Waals surface area contributed by atoms with Gasteiger partial charge in [-0.1, -0.05) is 6.07 Å². The van der Waals surface area contributed by atoms with E-state index in [4.69, 9.17) is 4.74 Å². The molecule has 2 aliphatic rings. The Bertz CT molecular complexity index is 1010. The van der Waals surface area contributed by atoms with Gasteiger partial charge in [0.2, 0.25) is 5.95 Å². The fraction of sp³-hybridized carbons (Fsp3) is 0.476. The molecular formula is C21H24F2N6O. The van der Waals surface area contributed by atoms with Gasteiger partial charge in [0.05, 0.1) is 25.0 Å². The number of hydrogen-bond acceptors (Lipinski definition) is 6. The molecule has 0 amide bonds. The van der Waals surface area contributed by atoms with Gasteiger partial charge in [-0.3, -0.25) is 4.90 Å². The molecule has 158 valence electrons. The van der Waals surface area contributed by atoms with Crippen LogP contribution in [0.15, 0.2) is 30.5 Å². The Kier molecular flexibility index (Phi) is 5.30. The highest BCUT2D eigenvalue weighted by molar-refractivity contribution is 5.61. The molecular weight excluding hydrogens is 390 g/mol. The summed E-state index contributed by atoms with van der Waals surface area (Å²) in [6, 6.07) is 6.26. The number of fused-ring (bicyclic) bond motifs is 1. The number of rotatable bonds is 4. The largest absolute Gasteiger partial charge is 0.379 e. The van der Waals surface area contributed by atoms with E-state index in [9.17, 15) is 8.78 Å². The highest BCUT2D eigenvalue weighted by Crippen LogP contribution is 2.28. The van der Waals surface area contributed by atoms with Crippen LogP contribution in [0.5, 0.6) is 0 Å². The quantitative estimate of drug-likeness (QED) is 0.708. The number of halogens is 2. The second-order valence-electron chi connectivity index (χ2n) is 7.87. The van der Waals surface area contributed by atoms with E-state index in [1.165, 1.54) is 18.2 Å². The molecule has 0 spiro atoms. The first-order valence-electron chi connectivity index (χ1n) is 10.4. The van der Waals surface area contributed by atoms with E-state index in [1.54, 1.807) is 16.8 Å². The van der Waals surface area contributed by atoms with Crippen molar-refractivity contribution in [1.82, 2.24) is 24.5 Å². The monoisotopic (exact) mass is 414 g/mol. The highest BCUT2D eigenvalue weighted by Gasteiger charge is 2.28. The van der Waals surface area contributed by atoms with E-state index >= 15 is 0 Å². The third-order valence-electron chi connectivity index (χ3n) is 6.03. The minimum absolute atomic E-state index is 0.0168. The predicted molar refractivity (Wildman–Crippen MR) is 108 cm³/mol. The minimum atomic E-state index is -0.684. The van der Waals surface area contributed by atoms with Crippen molar-refractivity contribution in [2.24, 2.45) is 0 Å². The molecule has 1 N–H and O–H groups in total. The van der Waals surface area contributed by atoms with Gasteiger partial charge in [0.25, 0.3) is 0 Å². The first-order valence-corrected chi connectivity index (χ1v) is 10.4. The summed E-state index contributed by atoms with van der Waals surface area (Å²) in [5.41, 5.74) is 0.271. The van der Waals surface area contributed by atoms with Crippen LogP contribution in [0.25, 0.3) is 17.0 Å². The Morgan fingerprint density at radius 1 is 0.967 bits per heavy atom. The van der Waals surface area contributed by atoms with Gasteiger partial charge in [0, 0.05) is 31.2 Å². The second kappa shape index (κ2) is 8.23. The van der Waals surface area contributed by atoms with E-state index in [-0.39, 0.29) is 17.4 Å². The summed E-state index contributed by atoms with van der Waals surface area (Å²) in [5.74, 6) is -0.896. The maximum absolute atomic E-state index is 14.3. The molecule has 1 saturated carbocycles. The lowest BCUT2D eigenvalue weighted by Gasteiger charge is -2.38. The van der Waals surface area contributed by atoms with Crippen LogP contribution in [-0.4, -0.2) is 62.9 Å². The minimum Gasteiger partial charge on any atom is -0.379 e. The summed E-state index contributed by atoms with van der Waals surface area (Å²) in [4.78, 5) is 11.3. The lowest BCUT2D eigenvalue weighted by molar-refractivity contribution is 0.00789. The SMILES string of the molecule is Fc1cccc(F)c1-c1nc(NC2CCC(N3CCOCC3)CC2)n2nccc2n1. The highest BCUT2D eigenvalue weighted by atomic mass is 19.1. The zero-order chi connectivity index (χ0) is 20.5. The summed E-state index contributed by atoms with van der Waals surface area (Å²) in [7, 11) is 0.